The lowest BCUT2D eigenvalue weighted by atomic mass is 10.2. The number of aromatic nitrogens is 2. The molecular formula is C8H13N3. The van der Waals surface area contributed by atoms with Crippen LogP contribution in [0.1, 0.15) is 25.3 Å². The maximum Gasteiger partial charge on any atom is 0.219 e. The second-order valence-corrected chi connectivity index (χ2v) is 2.55. The molecule has 0 spiro atoms. The molecule has 1 rings (SSSR count). The van der Waals surface area contributed by atoms with Crippen molar-refractivity contribution in [3.8, 4) is 0 Å². The van der Waals surface area contributed by atoms with Crippen molar-refractivity contribution in [3.05, 3.63) is 18.0 Å². The Bertz CT molecular complexity index is 205. The molecule has 0 aliphatic heterocycles. The number of hydrogen-bond acceptors (Lipinski definition) is 3. The Kier molecular flexibility index (Phi) is 2.83. The zero-order chi connectivity index (χ0) is 8.10. The highest BCUT2D eigenvalue weighted by Gasteiger charge is 1.92. The first kappa shape index (κ1) is 7.98. The van der Waals surface area contributed by atoms with Crippen LogP contribution in [0.5, 0.6) is 0 Å². The first-order valence-electron chi connectivity index (χ1n) is 3.89. The van der Waals surface area contributed by atoms with Crippen LogP contribution in [0, 0.1) is 0 Å². The Balaban J connectivity index is 2.52. The predicted octanol–water partition coefficient (Wildman–Crippen LogP) is 1.40. The summed E-state index contributed by atoms with van der Waals surface area (Å²) in [7, 11) is 0. The van der Waals surface area contributed by atoms with Crippen LogP contribution in [0.3, 0.4) is 0 Å². The third-order valence-corrected chi connectivity index (χ3v) is 1.54. The van der Waals surface area contributed by atoms with E-state index in [4.69, 9.17) is 5.73 Å². The minimum atomic E-state index is 0.352. The highest BCUT2D eigenvalue weighted by atomic mass is 15.0. The third kappa shape index (κ3) is 2.53. The van der Waals surface area contributed by atoms with Crippen LogP contribution >= 0.6 is 0 Å². The van der Waals surface area contributed by atoms with Gasteiger partial charge in [-0.25, -0.2) is 9.97 Å². The molecule has 0 bridgehead atoms. The van der Waals surface area contributed by atoms with E-state index in [2.05, 4.69) is 16.9 Å². The van der Waals surface area contributed by atoms with Gasteiger partial charge in [0, 0.05) is 12.4 Å². The fraction of sp³-hybridized carbons (Fsp3) is 0.500. The van der Waals surface area contributed by atoms with Gasteiger partial charge < -0.3 is 5.73 Å². The van der Waals surface area contributed by atoms with Crippen molar-refractivity contribution in [2.45, 2.75) is 26.2 Å². The fourth-order valence-electron chi connectivity index (χ4n) is 0.875. The number of nitrogen functional groups attached to an aromatic ring is 1. The smallest absolute Gasteiger partial charge is 0.219 e. The number of aryl methyl sites for hydroxylation is 1. The Morgan fingerprint density at radius 2 is 2.00 bits per heavy atom. The lowest BCUT2D eigenvalue weighted by Crippen LogP contribution is -1.95. The number of rotatable bonds is 3. The van der Waals surface area contributed by atoms with Gasteiger partial charge in [0.2, 0.25) is 5.95 Å². The molecule has 1 aromatic rings. The van der Waals surface area contributed by atoms with Crippen LogP contribution in [0.4, 0.5) is 5.95 Å². The van der Waals surface area contributed by atoms with Crippen molar-refractivity contribution in [2.24, 2.45) is 0 Å². The van der Waals surface area contributed by atoms with Gasteiger partial charge in [-0.2, -0.15) is 0 Å². The molecule has 0 unspecified atom stereocenters. The second-order valence-electron chi connectivity index (χ2n) is 2.55. The number of nitrogens with two attached hydrogens (primary N) is 1. The monoisotopic (exact) mass is 151 g/mol. The molecule has 1 aromatic heterocycles. The fourth-order valence-corrected chi connectivity index (χ4v) is 0.875. The molecule has 0 fully saturated rings. The SMILES string of the molecule is CCCCc1cnc(N)nc1. The summed E-state index contributed by atoms with van der Waals surface area (Å²) in [4.78, 5) is 7.80. The van der Waals surface area contributed by atoms with Crippen LogP contribution in [0.2, 0.25) is 0 Å². The molecule has 11 heavy (non-hydrogen) atoms. The van der Waals surface area contributed by atoms with E-state index < -0.39 is 0 Å². The molecule has 0 atom stereocenters. The van der Waals surface area contributed by atoms with Crippen molar-refractivity contribution in [2.75, 3.05) is 5.73 Å². The summed E-state index contributed by atoms with van der Waals surface area (Å²) in [5.74, 6) is 0.352. The number of unbranched alkanes of at least 4 members (excludes halogenated alkanes) is 1. The standard InChI is InChI=1S/C8H13N3/c1-2-3-4-7-5-10-8(9)11-6-7/h5-6H,2-4H2,1H3,(H2,9,10,11). The number of anilines is 1. The van der Waals surface area contributed by atoms with E-state index in [0.717, 1.165) is 6.42 Å². The van der Waals surface area contributed by atoms with Gasteiger partial charge in [-0.3, -0.25) is 0 Å². The van der Waals surface area contributed by atoms with Crippen molar-refractivity contribution in [1.29, 1.82) is 0 Å². The lowest BCUT2D eigenvalue weighted by molar-refractivity contribution is 0.788. The van der Waals surface area contributed by atoms with Crippen LogP contribution in [0.15, 0.2) is 12.4 Å². The van der Waals surface area contributed by atoms with Gasteiger partial charge in [-0.1, -0.05) is 13.3 Å². The zero-order valence-corrected chi connectivity index (χ0v) is 6.75. The van der Waals surface area contributed by atoms with E-state index >= 15 is 0 Å². The summed E-state index contributed by atoms with van der Waals surface area (Å²) in [5, 5.41) is 0. The largest absolute Gasteiger partial charge is 0.368 e. The van der Waals surface area contributed by atoms with E-state index in [1.807, 2.05) is 0 Å². The first-order valence-corrected chi connectivity index (χ1v) is 3.89. The molecule has 0 saturated carbocycles. The zero-order valence-electron chi connectivity index (χ0n) is 6.75. The van der Waals surface area contributed by atoms with E-state index in [1.54, 1.807) is 12.4 Å². The van der Waals surface area contributed by atoms with E-state index in [-0.39, 0.29) is 0 Å². The second kappa shape index (κ2) is 3.91. The average Bonchev–Trinajstić information content (AvgIpc) is 2.04. The number of nitrogens with zero attached hydrogens (tertiary/aromatic N) is 2. The van der Waals surface area contributed by atoms with Gasteiger partial charge in [0.05, 0.1) is 0 Å². The van der Waals surface area contributed by atoms with Crippen molar-refractivity contribution in [1.82, 2.24) is 9.97 Å². The molecule has 0 aliphatic carbocycles. The topological polar surface area (TPSA) is 51.8 Å². The highest BCUT2D eigenvalue weighted by molar-refractivity contribution is 5.16. The maximum atomic E-state index is 5.33. The van der Waals surface area contributed by atoms with Gasteiger partial charge in [-0.15, -0.1) is 0 Å². The number of hydrogen-bond donors (Lipinski definition) is 1. The van der Waals surface area contributed by atoms with Crippen LogP contribution in [-0.4, -0.2) is 9.97 Å². The molecule has 60 valence electrons. The third-order valence-electron chi connectivity index (χ3n) is 1.54. The average molecular weight is 151 g/mol. The van der Waals surface area contributed by atoms with Gasteiger partial charge in [-0.05, 0) is 18.4 Å². The van der Waals surface area contributed by atoms with Gasteiger partial charge in [0.1, 0.15) is 0 Å². The molecular weight excluding hydrogens is 138 g/mol. The van der Waals surface area contributed by atoms with Crippen LogP contribution in [-0.2, 0) is 6.42 Å². The molecule has 0 radical (unpaired) electrons. The first-order chi connectivity index (χ1) is 5.33. The Morgan fingerprint density at radius 1 is 1.36 bits per heavy atom. The molecule has 2 N–H and O–H groups in total. The Morgan fingerprint density at radius 3 is 2.55 bits per heavy atom. The van der Waals surface area contributed by atoms with Gasteiger partial charge in [0.15, 0.2) is 0 Å². The summed E-state index contributed by atoms with van der Waals surface area (Å²) < 4.78 is 0. The molecule has 0 saturated heterocycles. The molecule has 0 aliphatic rings. The minimum Gasteiger partial charge on any atom is -0.368 e. The van der Waals surface area contributed by atoms with Gasteiger partial charge >= 0.3 is 0 Å². The molecule has 3 nitrogen and oxygen atoms in total. The van der Waals surface area contributed by atoms with E-state index in [1.165, 1.54) is 18.4 Å². The molecule has 0 amide bonds. The minimum absolute atomic E-state index is 0.352. The summed E-state index contributed by atoms with van der Waals surface area (Å²) in [5.41, 5.74) is 6.50. The molecule has 0 aromatic carbocycles. The summed E-state index contributed by atoms with van der Waals surface area (Å²) >= 11 is 0. The van der Waals surface area contributed by atoms with Crippen LogP contribution < -0.4 is 5.73 Å². The van der Waals surface area contributed by atoms with Crippen molar-refractivity contribution < 1.29 is 0 Å². The van der Waals surface area contributed by atoms with E-state index in [9.17, 15) is 0 Å². The van der Waals surface area contributed by atoms with E-state index in [0.29, 0.717) is 5.95 Å². The Labute approximate surface area is 66.7 Å². The van der Waals surface area contributed by atoms with Crippen molar-refractivity contribution >= 4 is 5.95 Å². The molecule has 1 heterocycles. The summed E-state index contributed by atoms with van der Waals surface area (Å²) in [6.45, 7) is 2.16. The maximum absolute atomic E-state index is 5.33. The predicted molar refractivity (Wildman–Crippen MR) is 45.1 cm³/mol. The molecule has 3 heteroatoms. The quantitative estimate of drug-likeness (QED) is 0.710. The lowest BCUT2D eigenvalue weighted by Gasteiger charge is -1.97. The Hall–Kier alpha value is -1.12. The highest BCUT2D eigenvalue weighted by Crippen LogP contribution is 2.02. The van der Waals surface area contributed by atoms with Gasteiger partial charge in [0.25, 0.3) is 0 Å². The normalized spacial score (nSPS) is 9.91. The van der Waals surface area contributed by atoms with Crippen LogP contribution in [0.25, 0.3) is 0 Å². The summed E-state index contributed by atoms with van der Waals surface area (Å²) in [6, 6.07) is 0. The van der Waals surface area contributed by atoms with Crippen molar-refractivity contribution in [3.63, 3.8) is 0 Å². The summed E-state index contributed by atoms with van der Waals surface area (Å²) in [6.07, 6.45) is 7.02.